The molecule has 0 bridgehead atoms. The maximum absolute atomic E-state index is 11.1. The average Bonchev–Trinajstić information content (AvgIpc) is 1.99. The van der Waals surface area contributed by atoms with Gasteiger partial charge >= 0.3 is 88.9 Å². The van der Waals surface area contributed by atoms with Gasteiger partial charge in [-0.2, -0.15) is 0 Å². The zero-order valence-electron chi connectivity index (χ0n) is 8.04. The van der Waals surface area contributed by atoms with Crippen LogP contribution in [0.5, 0.6) is 0 Å². The molecule has 1 rings (SSSR count). The van der Waals surface area contributed by atoms with Crippen molar-refractivity contribution in [2.75, 3.05) is 0 Å². The van der Waals surface area contributed by atoms with Crippen LogP contribution in [0.4, 0.5) is 0 Å². The first-order chi connectivity index (χ1) is 6.80. The molecule has 0 heterocycles. The standard InChI is InChI=1S/C8H12AsNO5/c1-5(11)10-8-4-6(12)2-3-7(8)9(13,14)15/h3-4,6,12H,2H2,1H3,(H,10,11)(H2,13,14,15). The Labute approximate surface area is 89.3 Å². The summed E-state index contributed by atoms with van der Waals surface area (Å²) in [6.45, 7) is 1.23. The van der Waals surface area contributed by atoms with E-state index in [1.165, 1.54) is 19.1 Å². The normalized spacial score (nSPS) is 21.7. The van der Waals surface area contributed by atoms with Gasteiger partial charge in [0.2, 0.25) is 0 Å². The predicted octanol–water partition coefficient (Wildman–Crippen LogP) is -1.41. The molecule has 0 aromatic heterocycles. The molecule has 1 amide bonds. The van der Waals surface area contributed by atoms with Gasteiger partial charge in [-0.1, -0.05) is 0 Å². The fraction of sp³-hybridized carbons (Fsp3) is 0.375. The first kappa shape index (κ1) is 12.3. The van der Waals surface area contributed by atoms with E-state index in [1.807, 2.05) is 0 Å². The summed E-state index contributed by atoms with van der Waals surface area (Å²) < 4.78 is 29.0. The first-order valence-electron chi connectivity index (χ1n) is 4.25. The van der Waals surface area contributed by atoms with E-state index >= 15 is 0 Å². The van der Waals surface area contributed by atoms with Crippen LogP contribution in [0.25, 0.3) is 0 Å². The van der Waals surface area contributed by atoms with Crippen molar-refractivity contribution in [1.29, 1.82) is 0 Å². The van der Waals surface area contributed by atoms with Crippen molar-refractivity contribution in [3.63, 3.8) is 0 Å². The van der Waals surface area contributed by atoms with Gasteiger partial charge < -0.3 is 0 Å². The molecule has 1 unspecified atom stereocenters. The van der Waals surface area contributed by atoms with Gasteiger partial charge in [0.15, 0.2) is 0 Å². The number of hydrogen-bond acceptors (Lipinski definition) is 3. The number of carbonyl (C=O) groups is 1. The SMILES string of the molecule is CC(=O)NC1=CC(O)CC=C1[As](=O)(O)O. The van der Waals surface area contributed by atoms with Gasteiger partial charge in [0.25, 0.3) is 0 Å². The number of aliphatic hydroxyl groups excluding tert-OH is 1. The summed E-state index contributed by atoms with van der Waals surface area (Å²) in [5.41, 5.74) is 0.00810. The second-order valence-electron chi connectivity index (χ2n) is 3.20. The Morgan fingerprint density at radius 3 is 2.67 bits per heavy atom. The van der Waals surface area contributed by atoms with E-state index in [9.17, 15) is 13.6 Å². The predicted molar refractivity (Wildman–Crippen MR) is 51.5 cm³/mol. The van der Waals surface area contributed by atoms with Gasteiger partial charge in [0.05, 0.1) is 0 Å². The minimum atomic E-state index is -5.04. The molecular formula is C8H12AsNO5. The van der Waals surface area contributed by atoms with Crippen molar-refractivity contribution in [2.45, 2.75) is 19.4 Å². The van der Waals surface area contributed by atoms with E-state index in [4.69, 9.17) is 8.19 Å². The van der Waals surface area contributed by atoms with Gasteiger partial charge in [-0.3, -0.25) is 0 Å². The Hall–Kier alpha value is -0.812. The second kappa shape index (κ2) is 4.36. The van der Waals surface area contributed by atoms with Crippen LogP contribution in [-0.2, 0) is 8.53 Å². The molecule has 7 heteroatoms. The summed E-state index contributed by atoms with van der Waals surface area (Å²) >= 11 is -5.04. The molecular weight excluding hydrogens is 265 g/mol. The monoisotopic (exact) mass is 277 g/mol. The molecule has 0 fully saturated rings. The molecule has 0 aromatic rings. The van der Waals surface area contributed by atoms with Crippen molar-refractivity contribution >= 4 is 20.1 Å². The van der Waals surface area contributed by atoms with Crippen LogP contribution in [0, 0.1) is 0 Å². The van der Waals surface area contributed by atoms with Crippen LogP contribution in [0.2, 0.25) is 0 Å². The van der Waals surface area contributed by atoms with Crippen LogP contribution in [0.1, 0.15) is 13.3 Å². The van der Waals surface area contributed by atoms with Gasteiger partial charge in [0, 0.05) is 0 Å². The summed E-state index contributed by atoms with van der Waals surface area (Å²) in [4.78, 5) is 10.8. The number of rotatable bonds is 2. The van der Waals surface area contributed by atoms with E-state index in [0.29, 0.717) is 0 Å². The van der Waals surface area contributed by atoms with Crippen LogP contribution < -0.4 is 5.32 Å². The number of nitrogens with one attached hydrogen (secondary N) is 1. The number of allylic oxidation sites excluding steroid dienone is 1. The first-order valence-corrected chi connectivity index (χ1v) is 7.63. The van der Waals surface area contributed by atoms with Gasteiger partial charge in [-0.15, -0.1) is 0 Å². The van der Waals surface area contributed by atoms with Gasteiger partial charge in [-0.25, -0.2) is 0 Å². The molecule has 1 aliphatic rings. The number of hydrogen-bond donors (Lipinski definition) is 4. The minimum absolute atomic E-state index is 0.00810. The van der Waals surface area contributed by atoms with E-state index in [2.05, 4.69) is 5.32 Å². The fourth-order valence-electron chi connectivity index (χ4n) is 1.26. The number of carbonyl (C=O) groups excluding carboxylic acids is 1. The molecule has 0 radical (unpaired) electrons. The Balaban J connectivity index is 3.01. The quantitative estimate of drug-likeness (QED) is 0.464. The summed E-state index contributed by atoms with van der Waals surface area (Å²) in [7, 11) is 0. The van der Waals surface area contributed by atoms with Crippen molar-refractivity contribution in [2.24, 2.45) is 0 Å². The van der Waals surface area contributed by atoms with Crippen molar-refractivity contribution < 1.29 is 21.8 Å². The molecule has 6 nitrogen and oxygen atoms in total. The molecule has 0 aromatic carbocycles. The molecule has 0 aliphatic heterocycles. The van der Waals surface area contributed by atoms with E-state index < -0.39 is 26.2 Å². The molecule has 84 valence electrons. The van der Waals surface area contributed by atoms with E-state index in [1.54, 1.807) is 0 Å². The molecule has 15 heavy (non-hydrogen) atoms. The number of amides is 1. The topological polar surface area (TPSA) is 107 Å². The van der Waals surface area contributed by atoms with Crippen LogP contribution in [0.3, 0.4) is 0 Å². The molecule has 1 aliphatic carbocycles. The third-order valence-corrected chi connectivity index (χ3v) is 4.02. The summed E-state index contributed by atoms with van der Waals surface area (Å²) in [6, 6.07) is 0. The van der Waals surface area contributed by atoms with Crippen molar-refractivity contribution in [3.8, 4) is 0 Å². The average molecular weight is 277 g/mol. The van der Waals surface area contributed by atoms with Crippen LogP contribution in [-0.4, -0.2) is 39.5 Å². The summed E-state index contributed by atoms with van der Waals surface area (Å²) in [5.74, 6) is -0.440. The Morgan fingerprint density at radius 1 is 1.60 bits per heavy atom. The fourth-order valence-corrected chi connectivity index (χ4v) is 2.91. The van der Waals surface area contributed by atoms with Crippen LogP contribution >= 0.6 is 0 Å². The Bertz CT molecular complexity index is 380. The summed E-state index contributed by atoms with van der Waals surface area (Å²) in [6.07, 6.45) is 1.82. The molecule has 1 atom stereocenters. The molecule has 0 saturated heterocycles. The molecule has 4 N–H and O–H groups in total. The zero-order chi connectivity index (χ0) is 11.6. The van der Waals surface area contributed by atoms with E-state index in [0.717, 1.165) is 0 Å². The third kappa shape index (κ3) is 3.35. The van der Waals surface area contributed by atoms with Gasteiger partial charge in [-0.05, 0) is 0 Å². The molecule has 0 spiro atoms. The maximum atomic E-state index is 11.1. The summed E-state index contributed by atoms with van der Waals surface area (Å²) in [5, 5.41) is 11.5. The molecule has 0 saturated carbocycles. The van der Waals surface area contributed by atoms with E-state index in [-0.39, 0.29) is 16.5 Å². The Kier molecular flexibility index (Phi) is 3.57. The zero-order valence-corrected chi connectivity index (χ0v) is 9.92. The van der Waals surface area contributed by atoms with Gasteiger partial charge in [0.1, 0.15) is 0 Å². The van der Waals surface area contributed by atoms with Crippen molar-refractivity contribution in [3.05, 3.63) is 22.2 Å². The third-order valence-electron chi connectivity index (χ3n) is 1.81. The second-order valence-corrected chi connectivity index (χ2v) is 6.49. The Morgan fingerprint density at radius 2 is 2.20 bits per heavy atom. The van der Waals surface area contributed by atoms with Crippen LogP contribution in [0.15, 0.2) is 22.2 Å². The number of aliphatic hydroxyl groups is 1. The van der Waals surface area contributed by atoms with Crippen molar-refractivity contribution in [1.82, 2.24) is 5.32 Å².